The van der Waals surface area contributed by atoms with Crippen LogP contribution in [0, 0.1) is 11.8 Å². The quantitative estimate of drug-likeness (QED) is 0.183. The van der Waals surface area contributed by atoms with Gasteiger partial charge in [-0.15, -0.1) is 0 Å². The van der Waals surface area contributed by atoms with Gasteiger partial charge in [-0.3, -0.25) is 4.98 Å². The highest BCUT2D eigenvalue weighted by Gasteiger charge is 2.43. The van der Waals surface area contributed by atoms with E-state index in [2.05, 4.69) is 29.0 Å². The normalized spacial score (nSPS) is 21.8. The van der Waals surface area contributed by atoms with Crippen molar-refractivity contribution < 1.29 is 24.2 Å². The van der Waals surface area contributed by atoms with Gasteiger partial charge >= 0.3 is 11.9 Å². The Morgan fingerprint density at radius 1 is 0.977 bits per heavy atom. The zero-order valence-electron chi connectivity index (χ0n) is 24.1. The summed E-state index contributed by atoms with van der Waals surface area (Å²) in [4.78, 5) is 32.3. The maximum atomic E-state index is 11.7. The number of halogens is 1. The number of carboxylic acid groups (broad SMARTS) is 2. The molecule has 0 unspecified atom stereocenters. The minimum absolute atomic E-state index is 0.151. The maximum absolute atomic E-state index is 11.7. The molecular formula is C33H31ClN4O5S. The number of aromatic carboxylic acids is 2. The van der Waals surface area contributed by atoms with Crippen LogP contribution in [-0.4, -0.2) is 45.3 Å². The van der Waals surface area contributed by atoms with Gasteiger partial charge < -0.3 is 29.7 Å². The summed E-state index contributed by atoms with van der Waals surface area (Å²) in [5, 5.41) is 23.6. The molecule has 6 rings (SSSR count). The third-order valence-corrected chi connectivity index (χ3v) is 8.76. The third kappa shape index (κ3) is 5.75. The van der Waals surface area contributed by atoms with Crippen LogP contribution in [0.25, 0.3) is 11.3 Å². The number of pyridine rings is 1. The maximum Gasteiger partial charge on any atom is 0.335 e. The minimum Gasteiger partial charge on any atom is -0.478 e. The number of anilines is 2. The number of thiocarbonyl (C=S) groups is 1. The molecule has 4 atom stereocenters. The molecule has 0 amide bonds. The van der Waals surface area contributed by atoms with E-state index in [-0.39, 0.29) is 17.2 Å². The van der Waals surface area contributed by atoms with Gasteiger partial charge in [-0.25, -0.2) is 9.59 Å². The number of nitrogens with zero attached hydrogens (tertiary/aromatic N) is 3. The molecule has 0 saturated carbocycles. The topological polar surface area (TPSA) is 119 Å². The average molecular weight is 631 g/mol. The van der Waals surface area contributed by atoms with Crippen LogP contribution >= 0.6 is 23.8 Å². The number of nitrogens with one attached hydrogen (secondary N) is 1. The molecule has 2 aromatic carbocycles. The number of hydrogen-bond donors (Lipinski definition) is 3. The molecule has 0 bridgehead atoms. The van der Waals surface area contributed by atoms with Gasteiger partial charge in [-0.05, 0) is 91.1 Å². The van der Waals surface area contributed by atoms with Crippen LogP contribution in [0.2, 0.25) is 5.02 Å². The van der Waals surface area contributed by atoms with Crippen molar-refractivity contribution in [3.63, 3.8) is 0 Å². The van der Waals surface area contributed by atoms with Gasteiger partial charge in [0.2, 0.25) is 0 Å². The second-order valence-electron chi connectivity index (χ2n) is 11.6. The molecule has 9 nitrogen and oxygen atoms in total. The van der Waals surface area contributed by atoms with Crippen molar-refractivity contribution in [3.05, 3.63) is 101 Å². The van der Waals surface area contributed by atoms with E-state index in [9.17, 15) is 19.8 Å². The van der Waals surface area contributed by atoms with Crippen LogP contribution in [0.4, 0.5) is 11.4 Å². The van der Waals surface area contributed by atoms with Crippen molar-refractivity contribution in [3.8, 4) is 11.3 Å². The van der Waals surface area contributed by atoms with Crippen LogP contribution in [0.5, 0.6) is 0 Å². The van der Waals surface area contributed by atoms with Crippen molar-refractivity contribution in [1.29, 1.82) is 0 Å². The molecule has 4 heterocycles. The van der Waals surface area contributed by atoms with Gasteiger partial charge in [0.15, 0.2) is 5.11 Å². The average Bonchev–Trinajstić information content (AvgIpc) is 3.61. The van der Waals surface area contributed by atoms with Crippen LogP contribution in [-0.2, 0) is 0 Å². The summed E-state index contributed by atoms with van der Waals surface area (Å²) in [5.41, 5.74) is 2.54. The lowest BCUT2D eigenvalue weighted by atomic mass is 9.91. The van der Waals surface area contributed by atoms with E-state index >= 15 is 0 Å². The molecule has 3 N–H and O–H groups in total. The number of carbonyl (C=O) groups is 2. The first-order valence-electron chi connectivity index (χ1n) is 14.4. The molecule has 2 saturated heterocycles. The fourth-order valence-electron chi connectivity index (χ4n) is 6.37. The van der Waals surface area contributed by atoms with Crippen LogP contribution in [0.15, 0.2) is 77.3 Å². The Labute approximate surface area is 265 Å². The molecule has 2 aliphatic rings. The molecule has 4 aromatic rings. The Morgan fingerprint density at radius 3 is 2.30 bits per heavy atom. The molecule has 2 aliphatic heterocycles. The number of benzene rings is 2. The molecule has 0 spiro atoms. The number of aromatic nitrogens is 1. The van der Waals surface area contributed by atoms with Crippen LogP contribution in [0.1, 0.15) is 64.5 Å². The van der Waals surface area contributed by atoms with Crippen molar-refractivity contribution in [2.24, 2.45) is 11.8 Å². The predicted molar refractivity (Wildman–Crippen MR) is 173 cm³/mol. The largest absolute Gasteiger partial charge is 0.478 e. The summed E-state index contributed by atoms with van der Waals surface area (Å²) in [7, 11) is 0. The van der Waals surface area contributed by atoms with Crippen molar-refractivity contribution in [1.82, 2.24) is 10.3 Å². The Bertz CT molecular complexity index is 1700. The molecule has 44 heavy (non-hydrogen) atoms. The molecular weight excluding hydrogens is 600 g/mol. The van der Waals surface area contributed by atoms with Crippen molar-refractivity contribution >= 4 is 52.2 Å². The number of hydrogen-bond acceptors (Lipinski definition) is 6. The smallest absolute Gasteiger partial charge is 0.335 e. The van der Waals surface area contributed by atoms with Crippen LogP contribution < -0.4 is 15.1 Å². The lowest BCUT2D eigenvalue weighted by Gasteiger charge is -2.37. The highest BCUT2D eigenvalue weighted by molar-refractivity contribution is 7.80. The lowest BCUT2D eigenvalue weighted by molar-refractivity contribution is 0.0696. The summed E-state index contributed by atoms with van der Waals surface area (Å²) in [6, 6.07) is 18.1. The van der Waals surface area contributed by atoms with E-state index in [1.165, 1.54) is 18.6 Å². The van der Waals surface area contributed by atoms with E-state index in [0.29, 0.717) is 39.1 Å². The third-order valence-electron chi connectivity index (χ3n) is 8.15. The number of furan rings is 1. The fourth-order valence-corrected chi connectivity index (χ4v) is 7.01. The van der Waals surface area contributed by atoms with Gasteiger partial charge in [0, 0.05) is 30.5 Å². The SMILES string of the molecule is C[C@@H]1C[C@H](C)CN(c2ccc(N3C(=S)N[C@@H](c4ccccn4)[C@H]3c3ccc(-c4cc(C(=O)O)cc(C(=O)O)c4)o3)cc2Cl)C1. The monoisotopic (exact) mass is 630 g/mol. The Morgan fingerprint density at radius 2 is 1.68 bits per heavy atom. The fraction of sp³-hybridized carbons (Fsp3) is 0.273. The molecule has 2 fully saturated rings. The first-order chi connectivity index (χ1) is 21.1. The van der Waals surface area contributed by atoms with Gasteiger partial charge in [-0.1, -0.05) is 31.5 Å². The second kappa shape index (κ2) is 11.9. The predicted octanol–water partition coefficient (Wildman–Crippen LogP) is 7.05. The van der Waals surface area contributed by atoms with E-state index < -0.39 is 18.0 Å². The van der Waals surface area contributed by atoms with E-state index in [1.807, 2.05) is 41.3 Å². The van der Waals surface area contributed by atoms with Crippen molar-refractivity contribution in [2.75, 3.05) is 22.9 Å². The van der Waals surface area contributed by atoms with Gasteiger partial charge in [0.25, 0.3) is 0 Å². The number of piperidine rings is 1. The summed E-state index contributed by atoms with van der Waals surface area (Å²) in [5.74, 6) is -0.471. The highest BCUT2D eigenvalue weighted by Crippen LogP contribution is 2.44. The van der Waals surface area contributed by atoms with E-state index in [0.717, 1.165) is 36.2 Å². The van der Waals surface area contributed by atoms with Gasteiger partial charge in [0.1, 0.15) is 17.6 Å². The number of rotatable bonds is 7. The Kier molecular flexibility index (Phi) is 8.04. The van der Waals surface area contributed by atoms with Gasteiger partial charge in [0.05, 0.1) is 33.6 Å². The van der Waals surface area contributed by atoms with Crippen LogP contribution in [0.3, 0.4) is 0 Å². The second-order valence-corrected chi connectivity index (χ2v) is 12.4. The highest BCUT2D eigenvalue weighted by atomic mass is 35.5. The molecule has 226 valence electrons. The summed E-state index contributed by atoms with van der Waals surface area (Å²) >= 11 is 12.8. The van der Waals surface area contributed by atoms with Crippen molar-refractivity contribution in [2.45, 2.75) is 32.4 Å². The zero-order valence-corrected chi connectivity index (χ0v) is 25.7. The summed E-state index contributed by atoms with van der Waals surface area (Å²) in [6.45, 7) is 6.41. The lowest BCUT2D eigenvalue weighted by Crippen LogP contribution is -2.38. The van der Waals surface area contributed by atoms with E-state index in [1.54, 1.807) is 18.3 Å². The molecule has 2 aromatic heterocycles. The minimum atomic E-state index is -1.23. The number of carboxylic acids is 2. The molecule has 11 heteroatoms. The first kappa shape index (κ1) is 29.7. The zero-order chi connectivity index (χ0) is 31.1. The van der Waals surface area contributed by atoms with E-state index in [4.69, 9.17) is 28.2 Å². The summed E-state index contributed by atoms with van der Waals surface area (Å²) < 4.78 is 6.35. The van der Waals surface area contributed by atoms with Gasteiger partial charge in [-0.2, -0.15) is 0 Å². The Balaban J connectivity index is 1.40. The molecule has 0 aliphatic carbocycles. The Hall–Kier alpha value is -4.41. The standard InChI is InChI=1S/C33H31ClN4O5S/c1-18-11-19(2)17-37(16-18)26-7-6-23(15-24(26)34)38-30(29(36-33(38)44)25-5-3-4-10-35-25)28-9-8-27(43-28)20-12-21(31(39)40)14-22(13-20)32(41)42/h3-10,12-15,18-19,29-30H,11,16-17H2,1-2H3,(H,36,44)(H,39,40)(H,41,42)/t18-,19+,29-,30+/m0/s1. The first-order valence-corrected chi connectivity index (χ1v) is 15.1. The summed E-state index contributed by atoms with van der Waals surface area (Å²) in [6.07, 6.45) is 2.91. The molecule has 0 radical (unpaired) electrons.